The molecule has 2 aliphatic carbocycles. The van der Waals surface area contributed by atoms with Crippen molar-refractivity contribution >= 4 is 0 Å². The van der Waals surface area contributed by atoms with Crippen molar-refractivity contribution in [3.8, 4) is 0 Å². The van der Waals surface area contributed by atoms with Gasteiger partial charge in [0.1, 0.15) is 0 Å². The molecule has 1 aromatic carbocycles. The molecule has 1 aliphatic heterocycles. The molecule has 3 nitrogen and oxygen atoms in total. The van der Waals surface area contributed by atoms with Gasteiger partial charge in [-0.1, -0.05) is 49.9 Å². The minimum Gasteiger partial charge on any atom is -0.379 e. The van der Waals surface area contributed by atoms with Gasteiger partial charge >= 0.3 is 0 Å². The zero-order valence-corrected chi connectivity index (χ0v) is 12.5. The Labute approximate surface area is 126 Å². The largest absolute Gasteiger partial charge is 0.379 e. The molecule has 2 fully saturated rings. The van der Waals surface area contributed by atoms with Crippen LogP contribution in [0.2, 0.25) is 0 Å². The van der Waals surface area contributed by atoms with E-state index < -0.39 is 11.4 Å². The maximum atomic E-state index is 11.6. The highest BCUT2D eigenvalue weighted by atomic mass is 16.7. The fourth-order valence-corrected chi connectivity index (χ4v) is 4.56. The van der Waals surface area contributed by atoms with E-state index in [9.17, 15) is 5.11 Å². The van der Waals surface area contributed by atoms with Crippen LogP contribution in [-0.4, -0.2) is 24.1 Å². The van der Waals surface area contributed by atoms with Gasteiger partial charge in [0, 0.05) is 12.3 Å². The molecule has 2 atom stereocenters. The van der Waals surface area contributed by atoms with Crippen LogP contribution in [0.5, 0.6) is 0 Å². The molecule has 0 unspecified atom stereocenters. The molecule has 114 valence electrons. The molecule has 0 amide bonds. The van der Waals surface area contributed by atoms with Gasteiger partial charge in [0.25, 0.3) is 0 Å². The van der Waals surface area contributed by atoms with Crippen molar-refractivity contribution in [3.63, 3.8) is 0 Å². The van der Waals surface area contributed by atoms with Gasteiger partial charge in [0.05, 0.1) is 13.2 Å². The minimum atomic E-state index is -0.961. The van der Waals surface area contributed by atoms with Crippen molar-refractivity contribution in [1.29, 1.82) is 0 Å². The molecule has 4 rings (SSSR count). The first-order valence-corrected chi connectivity index (χ1v) is 8.38. The molecule has 1 spiro atoms. The van der Waals surface area contributed by atoms with E-state index in [-0.39, 0.29) is 5.92 Å². The first kappa shape index (κ1) is 13.7. The normalized spacial score (nSPS) is 34.8. The van der Waals surface area contributed by atoms with Crippen molar-refractivity contribution in [2.75, 3.05) is 13.2 Å². The molecule has 3 heteroatoms. The van der Waals surface area contributed by atoms with E-state index >= 15 is 0 Å². The molecular weight excluding hydrogens is 264 g/mol. The van der Waals surface area contributed by atoms with E-state index in [1.807, 2.05) is 12.1 Å². The van der Waals surface area contributed by atoms with Gasteiger partial charge in [-0.2, -0.15) is 0 Å². The predicted octanol–water partition coefficient (Wildman–Crippen LogP) is 3.46. The first-order chi connectivity index (χ1) is 10.3. The number of hydrogen-bond donors (Lipinski definition) is 1. The molecule has 1 aromatic rings. The van der Waals surface area contributed by atoms with Crippen molar-refractivity contribution in [1.82, 2.24) is 0 Å². The fourth-order valence-electron chi connectivity index (χ4n) is 4.56. The number of ether oxygens (including phenoxy) is 2. The monoisotopic (exact) mass is 288 g/mol. The average molecular weight is 288 g/mol. The second-order valence-electron chi connectivity index (χ2n) is 6.66. The lowest BCUT2D eigenvalue weighted by Crippen LogP contribution is -2.61. The molecular formula is C18H24O3. The van der Waals surface area contributed by atoms with E-state index in [1.165, 1.54) is 31.2 Å². The van der Waals surface area contributed by atoms with Crippen molar-refractivity contribution < 1.29 is 14.6 Å². The summed E-state index contributed by atoms with van der Waals surface area (Å²) in [5.74, 6) is -0.659. The summed E-state index contributed by atoms with van der Waals surface area (Å²) in [6.45, 7) is 1.19. The zero-order chi connectivity index (χ0) is 14.3. The molecule has 0 aromatic heterocycles. The topological polar surface area (TPSA) is 38.7 Å². The standard InChI is InChI=1S/C18H24O3/c19-18-15(14-8-5-6-10-16(14)18)9-4-2-1-3-7-11-17(18)20-12-13-21-17/h5-6,8,10,15,19H,1-4,7,9,11-13H2/t15-,18-/m1/s1. The molecule has 1 saturated carbocycles. The second kappa shape index (κ2) is 5.08. The van der Waals surface area contributed by atoms with E-state index in [0.29, 0.717) is 13.2 Å². The molecule has 0 radical (unpaired) electrons. The van der Waals surface area contributed by atoms with Crippen LogP contribution in [0.1, 0.15) is 62.0 Å². The minimum absolute atomic E-state index is 0.157. The Morgan fingerprint density at radius 3 is 2.52 bits per heavy atom. The van der Waals surface area contributed by atoms with E-state index in [4.69, 9.17) is 9.47 Å². The predicted molar refractivity (Wildman–Crippen MR) is 80.0 cm³/mol. The second-order valence-corrected chi connectivity index (χ2v) is 6.66. The Kier molecular flexibility index (Phi) is 3.32. The Bertz CT molecular complexity index is 521. The van der Waals surface area contributed by atoms with Crippen molar-refractivity contribution in [3.05, 3.63) is 35.4 Å². The van der Waals surface area contributed by atoms with Gasteiger partial charge in [-0.05, 0) is 24.0 Å². The Morgan fingerprint density at radius 2 is 1.67 bits per heavy atom. The summed E-state index contributed by atoms with van der Waals surface area (Å²) in [5.41, 5.74) is 1.36. The Hall–Kier alpha value is -0.900. The van der Waals surface area contributed by atoms with Crippen LogP contribution >= 0.6 is 0 Å². The highest BCUT2D eigenvalue weighted by Crippen LogP contribution is 2.61. The molecule has 1 saturated heterocycles. The zero-order valence-electron chi connectivity index (χ0n) is 12.5. The lowest BCUT2D eigenvalue weighted by atomic mass is 9.57. The lowest BCUT2D eigenvalue weighted by Gasteiger charge is -2.55. The quantitative estimate of drug-likeness (QED) is 0.794. The van der Waals surface area contributed by atoms with E-state index in [2.05, 4.69) is 12.1 Å². The fraction of sp³-hybridized carbons (Fsp3) is 0.667. The van der Waals surface area contributed by atoms with Gasteiger partial charge in [-0.25, -0.2) is 0 Å². The summed E-state index contributed by atoms with van der Waals surface area (Å²) in [4.78, 5) is 0. The van der Waals surface area contributed by atoms with Crippen LogP contribution in [0.4, 0.5) is 0 Å². The number of rotatable bonds is 0. The summed E-state index contributed by atoms with van der Waals surface area (Å²) >= 11 is 0. The molecule has 3 aliphatic rings. The number of hydrogen-bond acceptors (Lipinski definition) is 3. The lowest BCUT2D eigenvalue weighted by molar-refractivity contribution is -0.299. The third-order valence-electron chi connectivity index (χ3n) is 5.58. The van der Waals surface area contributed by atoms with Gasteiger partial charge in [0.2, 0.25) is 5.79 Å². The average Bonchev–Trinajstić information content (AvgIpc) is 2.98. The Morgan fingerprint density at radius 1 is 0.952 bits per heavy atom. The third-order valence-corrected chi connectivity index (χ3v) is 5.58. The highest BCUT2D eigenvalue weighted by Gasteiger charge is 2.65. The van der Waals surface area contributed by atoms with Crippen LogP contribution in [0.15, 0.2) is 24.3 Å². The summed E-state index contributed by atoms with van der Waals surface area (Å²) in [6.07, 6.45) is 7.83. The highest BCUT2D eigenvalue weighted by molar-refractivity contribution is 5.50. The summed E-state index contributed by atoms with van der Waals surface area (Å²) in [6, 6.07) is 8.28. The summed E-state index contributed by atoms with van der Waals surface area (Å²) in [7, 11) is 0. The number of fused-ring (bicyclic) bond motifs is 5. The first-order valence-electron chi connectivity index (χ1n) is 8.38. The van der Waals surface area contributed by atoms with Crippen LogP contribution < -0.4 is 0 Å². The molecule has 1 heterocycles. The maximum Gasteiger partial charge on any atom is 0.202 e. The van der Waals surface area contributed by atoms with Crippen LogP contribution in [-0.2, 0) is 15.1 Å². The maximum absolute atomic E-state index is 11.6. The molecule has 21 heavy (non-hydrogen) atoms. The Balaban J connectivity index is 1.78. The van der Waals surface area contributed by atoms with Crippen molar-refractivity contribution in [2.45, 2.75) is 62.3 Å². The summed E-state index contributed by atoms with van der Waals surface area (Å²) < 4.78 is 12.1. The third kappa shape index (κ3) is 1.84. The van der Waals surface area contributed by atoms with Gasteiger partial charge in [-0.15, -0.1) is 0 Å². The van der Waals surface area contributed by atoms with E-state index in [1.54, 1.807) is 0 Å². The number of benzene rings is 1. The molecule has 1 N–H and O–H groups in total. The SMILES string of the molecule is O[C@@]12c3ccccc3[C@H]1CCCCCCCC21OCCO1. The van der Waals surface area contributed by atoms with Crippen LogP contribution in [0.3, 0.4) is 0 Å². The molecule has 0 bridgehead atoms. The number of aliphatic hydroxyl groups is 1. The summed E-state index contributed by atoms with van der Waals surface area (Å²) in [5, 5.41) is 11.6. The van der Waals surface area contributed by atoms with Crippen LogP contribution in [0, 0.1) is 0 Å². The van der Waals surface area contributed by atoms with Gasteiger partial charge in [0.15, 0.2) is 5.60 Å². The van der Waals surface area contributed by atoms with Gasteiger partial charge < -0.3 is 14.6 Å². The van der Waals surface area contributed by atoms with E-state index in [0.717, 1.165) is 24.8 Å². The van der Waals surface area contributed by atoms with Gasteiger partial charge in [-0.3, -0.25) is 0 Å². The smallest absolute Gasteiger partial charge is 0.202 e. The van der Waals surface area contributed by atoms with Crippen LogP contribution in [0.25, 0.3) is 0 Å². The van der Waals surface area contributed by atoms with Crippen molar-refractivity contribution in [2.24, 2.45) is 0 Å².